The van der Waals surface area contributed by atoms with Crippen LogP contribution >= 0.6 is 22.7 Å². The Morgan fingerprint density at radius 1 is 1.23 bits per heavy atom. The highest BCUT2D eigenvalue weighted by Crippen LogP contribution is 2.32. The summed E-state index contributed by atoms with van der Waals surface area (Å²) in [6.07, 6.45) is 4.86. The van der Waals surface area contributed by atoms with Crippen LogP contribution < -0.4 is 16.0 Å². The number of nitrogens with zero attached hydrogens (tertiary/aromatic N) is 2. The minimum Gasteiger partial charge on any atom is -0.383 e. The van der Waals surface area contributed by atoms with Gasteiger partial charge in [-0.25, -0.2) is 4.98 Å². The Labute approximate surface area is 184 Å². The van der Waals surface area contributed by atoms with E-state index in [0.29, 0.717) is 30.7 Å². The summed E-state index contributed by atoms with van der Waals surface area (Å²) in [6, 6.07) is 4.30. The van der Waals surface area contributed by atoms with Gasteiger partial charge in [0.1, 0.15) is 5.82 Å². The monoisotopic (exact) mass is 445 g/mol. The van der Waals surface area contributed by atoms with Gasteiger partial charge in [-0.2, -0.15) is 4.98 Å². The number of methoxy groups -OCH3 is 1. The second-order valence-corrected chi connectivity index (χ2v) is 9.53. The number of hydrogen-bond acceptors (Lipinski definition) is 8. The zero-order valence-corrected chi connectivity index (χ0v) is 18.9. The van der Waals surface area contributed by atoms with Crippen molar-refractivity contribution in [3.8, 4) is 0 Å². The molecule has 0 aliphatic heterocycles. The molecule has 1 amide bonds. The average Bonchev–Trinajstić information content (AvgIpc) is 3.39. The van der Waals surface area contributed by atoms with Crippen LogP contribution in [0.4, 0.5) is 16.8 Å². The average molecular weight is 446 g/mol. The summed E-state index contributed by atoms with van der Waals surface area (Å²) >= 11 is 3.12. The smallest absolute Gasteiger partial charge is 0.252 e. The van der Waals surface area contributed by atoms with E-state index in [9.17, 15) is 4.79 Å². The van der Waals surface area contributed by atoms with Gasteiger partial charge in [-0.1, -0.05) is 6.92 Å². The summed E-state index contributed by atoms with van der Waals surface area (Å²) in [4.78, 5) is 21.6. The minimum atomic E-state index is -0.112. The Hall–Kier alpha value is -2.23. The first-order chi connectivity index (χ1) is 14.6. The van der Waals surface area contributed by atoms with E-state index in [4.69, 9.17) is 9.72 Å². The molecule has 30 heavy (non-hydrogen) atoms. The fraction of sp³-hybridized carbons (Fsp3) is 0.476. The molecule has 0 unspecified atom stereocenters. The number of nitrogens with one attached hydrogen (secondary N) is 3. The zero-order valence-electron chi connectivity index (χ0n) is 17.2. The van der Waals surface area contributed by atoms with Gasteiger partial charge in [0.2, 0.25) is 5.95 Å². The first kappa shape index (κ1) is 21.0. The summed E-state index contributed by atoms with van der Waals surface area (Å²) in [7, 11) is 1.61. The summed E-state index contributed by atoms with van der Waals surface area (Å²) in [5.41, 5.74) is 1.54. The summed E-state index contributed by atoms with van der Waals surface area (Å²) < 4.78 is 6.05. The molecule has 1 saturated carbocycles. The van der Waals surface area contributed by atoms with Crippen molar-refractivity contribution in [3.05, 3.63) is 28.5 Å². The van der Waals surface area contributed by atoms with Gasteiger partial charge in [0, 0.05) is 25.1 Å². The van der Waals surface area contributed by atoms with Crippen LogP contribution in [-0.4, -0.2) is 42.2 Å². The molecular formula is C21H27N5O2S2. The van der Waals surface area contributed by atoms with E-state index in [2.05, 4.69) is 27.9 Å². The van der Waals surface area contributed by atoms with Crippen LogP contribution in [0.25, 0.3) is 10.2 Å². The third-order valence-electron chi connectivity index (χ3n) is 5.35. The van der Waals surface area contributed by atoms with Gasteiger partial charge in [-0.3, -0.25) is 4.79 Å². The quantitative estimate of drug-likeness (QED) is 0.429. The Morgan fingerprint density at radius 3 is 2.87 bits per heavy atom. The van der Waals surface area contributed by atoms with E-state index in [1.165, 1.54) is 37.0 Å². The molecule has 9 heteroatoms. The second-order valence-electron chi connectivity index (χ2n) is 7.71. The van der Waals surface area contributed by atoms with Crippen LogP contribution in [0.3, 0.4) is 0 Å². The van der Waals surface area contributed by atoms with Crippen LogP contribution in [0.2, 0.25) is 0 Å². The molecular weight excluding hydrogens is 418 g/mol. The van der Waals surface area contributed by atoms with Crippen molar-refractivity contribution in [2.45, 2.75) is 38.6 Å². The summed E-state index contributed by atoms with van der Waals surface area (Å²) in [5.74, 6) is 2.14. The highest BCUT2D eigenvalue weighted by molar-refractivity contribution is 7.17. The molecule has 3 heterocycles. The highest BCUT2D eigenvalue weighted by atomic mass is 32.1. The van der Waals surface area contributed by atoms with Gasteiger partial charge >= 0.3 is 0 Å². The lowest BCUT2D eigenvalue weighted by molar-refractivity contribution is 0.0937. The van der Waals surface area contributed by atoms with Crippen molar-refractivity contribution in [1.82, 2.24) is 15.3 Å². The maximum atomic E-state index is 12.2. The number of thiophene rings is 2. The Kier molecular flexibility index (Phi) is 6.81. The molecule has 160 valence electrons. The lowest BCUT2D eigenvalue weighted by Gasteiger charge is -2.27. The Morgan fingerprint density at radius 2 is 2.07 bits per heavy atom. The van der Waals surface area contributed by atoms with Crippen LogP contribution in [-0.2, 0) is 4.74 Å². The van der Waals surface area contributed by atoms with Crippen molar-refractivity contribution >= 4 is 55.6 Å². The number of rotatable bonds is 8. The van der Waals surface area contributed by atoms with Crippen LogP contribution in [0, 0.1) is 5.92 Å². The predicted molar refractivity (Wildman–Crippen MR) is 124 cm³/mol. The second kappa shape index (κ2) is 9.72. The third-order valence-corrected chi connectivity index (χ3v) is 7.10. The molecule has 1 aliphatic carbocycles. The van der Waals surface area contributed by atoms with E-state index in [-0.39, 0.29) is 5.91 Å². The largest absolute Gasteiger partial charge is 0.383 e. The van der Waals surface area contributed by atoms with Crippen molar-refractivity contribution in [2.24, 2.45) is 5.92 Å². The molecule has 0 aromatic carbocycles. The van der Waals surface area contributed by atoms with E-state index < -0.39 is 0 Å². The molecule has 4 rings (SSSR count). The normalized spacial score (nSPS) is 19.0. The van der Waals surface area contributed by atoms with Crippen molar-refractivity contribution in [1.29, 1.82) is 0 Å². The Bertz CT molecular complexity index is 994. The molecule has 0 spiro atoms. The van der Waals surface area contributed by atoms with Crippen LogP contribution in [0.15, 0.2) is 22.9 Å². The number of carbonyl (C=O) groups excluding carboxylic acids is 1. The number of hydrogen-bond donors (Lipinski definition) is 3. The van der Waals surface area contributed by atoms with E-state index in [1.54, 1.807) is 18.4 Å². The standard InChI is InChI=1S/C21H27N5O2S2/c1-13-3-5-15(6-4-13)23-19-18-16(7-10-29-18)24-21(26-19)25-17-11-14(12-30-17)20(27)22-8-9-28-2/h7,10-13,15H,3-6,8-9H2,1-2H3,(H,22,27)(H2,23,24,25,26). The van der Waals surface area contributed by atoms with Crippen LogP contribution in [0.5, 0.6) is 0 Å². The van der Waals surface area contributed by atoms with E-state index >= 15 is 0 Å². The lowest BCUT2D eigenvalue weighted by atomic mass is 9.87. The molecule has 3 aromatic heterocycles. The highest BCUT2D eigenvalue weighted by Gasteiger charge is 2.20. The maximum Gasteiger partial charge on any atom is 0.252 e. The van der Waals surface area contributed by atoms with Crippen molar-refractivity contribution in [2.75, 3.05) is 30.9 Å². The molecule has 3 N–H and O–H groups in total. The molecule has 3 aromatic rings. The van der Waals surface area contributed by atoms with Gasteiger partial charge in [-0.05, 0) is 49.1 Å². The molecule has 7 nitrogen and oxygen atoms in total. The molecule has 0 bridgehead atoms. The van der Waals surface area contributed by atoms with Crippen molar-refractivity contribution in [3.63, 3.8) is 0 Å². The van der Waals surface area contributed by atoms with Gasteiger partial charge in [0.15, 0.2) is 0 Å². The van der Waals surface area contributed by atoms with Gasteiger partial charge < -0.3 is 20.7 Å². The first-order valence-electron chi connectivity index (χ1n) is 10.3. The molecule has 0 saturated heterocycles. The lowest BCUT2D eigenvalue weighted by Crippen LogP contribution is -2.26. The summed E-state index contributed by atoms with van der Waals surface area (Å²) in [5, 5.41) is 14.5. The van der Waals surface area contributed by atoms with Gasteiger partial charge in [0.05, 0.1) is 27.4 Å². The SMILES string of the molecule is COCCNC(=O)c1csc(Nc2nc(NC3CCC(C)CC3)c3sccc3n2)c1. The number of anilines is 3. The maximum absolute atomic E-state index is 12.2. The molecule has 1 fully saturated rings. The number of amides is 1. The third kappa shape index (κ3) is 5.08. The van der Waals surface area contributed by atoms with Crippen molar-refractivity contribution < 1.29 is 9.53 Å². The number of aromatic nitrogens is 2. The van der Waals surface area contributed by atoms with Crippen LogP contribution in [0.1, 0.15) is 43.0 Å². The molecule has 0 atom stereocenters. The zero-order chi connectivity index (χ0) is 20.9. The van der Waals surface area contributed by atoms with E-state index in [0.717, 1.165) is 27.0 Å². The number of fused-ring (bicyclic) bond motifs is 1. The first-order valence-corrected chi connectivity index (χ1v) is 12.0. The molecule has 1 aliphatic rings. The topological polar surface area (TPSA) is 88.2 Å². The molecule has 0 radical (unpaired) electrons. The number of ether oxygens (including phenoxy) is 1. The fourth-order valence-electron chi connectivity index (χ4n) is 3.61. The van der Waals surface area contributed by atoms with Gasteiger partial charge in [-0.15, -0.1) is 22.7 Å². The Balaban J connectivity index is 1.47. The van der Waals surface area contributed by atoms with Gasteiger partial charge in [0.25, 0.3) is 5.91 Å². The minimum absolute atomic E-state index is 0.112. The van der Waals surface area contributed by atoms with E-state index in [1.807, 2.05) is 22.9 Å². The summed E-state index contributed by atoms with van der Waals surface area (Å²) in [6.45, 7) is 3.31. The number of carbonyl (C=O) groups is 1. The predicted octanol–water partition coefficient (Wildman–Crippen LogP) is 4.86. The fourth-order valence-corrected chi connectivity index (χ4v) is 5.17.